The molecule has 0 aromatic carbocycles. The highest BCUT2D eigenvalue weighted by atomic mass is 32.1. The van der Waals surface area contributed by atoms with Gasteiger partial charge in [0, 0.05) is 7.05 Å². The zero-order valence-corrected chi connectivity index (χ0v) is 8.67. The second kappa shape index (κ2) is 3.30. The lowest BCUT2D eigenvalue weighted by molar-refractivity contribution is 0.883. The van der Waals surface area contributed by atoms with Gasteiger partial charge in [-0.3, -0.25) is 5.10 Å². The summed E-state index contributed by atoms with van der Waals surface area (Å²) in [5.74, 6) is 0.697. The molecule has 6 heteroatoms. The molecule has 0 spiro atoms. The number of nitrogens with one attached hydrogen (secondary N) is 1. The first-order valence-corrected chi connectivity index (χ1v) is 4.51. The Morgan fingerprint density at radius 2 is 2.14 bits per heavy atom. The predicted octanol–water partition coefficient (Wildman–Crippen LogP) is 1.24. The van der Waals surface area contributed by atoms with E-state index < -0.39 is 0 Å². The minimum Gasteiger partial charge on any atom is -0.302 e. The first kappa shape index (κ1) is 9.01. The maximum atomic E-state index is 5.00. The maximum absolute atomic E-state index is 5.00. The number of aromatic amines is 1. The summed E-state index contributed by atoms with van der Waals surface area (Å²) in [4.78, 5) is 0. The Morgan fingerprint density at radius 3 is 2.64 bits per heavy atom. The van der Waals surface area contributed by atoms with Gasteiger partial charge in [0.05, 0.1) is 5.69 Å². The van der Waals surface area contributed by atoms with E-state index in [4.69, 9.17) is 12.2 Å². The molecule has 2 heterocycles. The van der Waals surface area contributed by atoms with Crippen LogP contribution in [0, 0.1) is 11.7 Å². The summed E-state index contributed by atoms with van der Waals surface area (Å²) >= 11 is 5.00. The SMILES string of the molecule is Cc1ccc(-c2n[nH]c(=S)n2C)nn1. The standard InChI is InChI=1S/C8H9N5S/c1-5-3-4-6(10-9-5)7-11-12-8(14)13(7)2/h3-4H,1-2H3,(H,12,14). The van der Waals surface area contributed by atoms with Crippen molar-refractivity contribution >= 4 is 12.2 Å². The van der Waals surface area contributed by atoms with Gasteiger partial charge in [0.25, 0.3) is 0 Å². The van der Waals surface area contributed by atoms with E-state index in [1.807, 2.05) is 26.1 Å². The van der Waals surface area contributed by atoms with Crippen LogP contribution < -0.4 is 0 Å². The molecule has 14 heavy (non-hydrogen) atoms. The third-order valence-corrected chi connectivity index (χ3v) is 2.27. The van der Waals surface area contributed by atoms with Gasteiger partial charge >= 0.3 is 0 Å². The highest BCUT2D eigenvalue weighted by molar-refractivity contribution is 7.71. The Labute approximate surface area is 85.8 Å². The van der Waals surface area contributed by atoms with Crippen LogP contribution in [0.3, 0.4) is 0 Å². The van der Waals surface area contributed by atoms with Crippen LogP contribution in [0.25, 0.3) is 11.5 Å². The Kier molecular flexibility index (Phi) is 2.12. The van der Waals surface area contributed by atoms with E-state index in [1.54, 1.807) is 4.57 Å². The van der Waals surface area contributed by atoms with Crippen LogP contribution in [-0.2, 0) is 7.05 Å². The van der Waals surface area contributed by atoms with Crippen LogP contribution in [0.4, 0.5) is 0 Å². The van der Waals surface area contributed by atoms with Crippen LogP contribution in [-0.4, -0.2) is 25.0 Å². The van der Waals surface area contributed by atoms with Crippen molar-refractivity contribution in [2.45, 2.75) is 6.92 Å². The van der Waals surface area contributed by atoms with E-state index in [1.165, 1.54) is 0 Å². The van der Waals surface area contributed by atoms with Crippen LogP contribution in [0.2, 0.25) is 0 Å². The van der Waals surface area contributed by atoms with Gasteiger partial charge in [-0.05, 0) is 31.3 Å². The normalized spacial score (nSPS) is 10.4. The molecular formula is C8H9N5S. The molecule has 0 atom stereocenters. The number of nitrogens with zero attached hydrogens (tertiary/aromatic N) is 4. The topological polar surface area (TPSA) is 59.4 Å². The van der Waals surface area contributed by atoms with Gasteiger partial charge in [0.2, 0.25) is 0 Å². The van der Waals surface area contributed by atoms with Crippen molar-refractivity contribution < 1.29 is 0 Å². The predicted molar refractivity (Wildman–Crippen MR) is 54.2 cm³/mol. The van der Waals surface area contributed by atoms with Gasteiger partial charge in [0.15, 0.2) is 10.6 Å². The van der Waals surface area contributed by atoms with Gasteiger partial charge in [-0.15, -0.1) is 5.10 Å². The van der Waals surface area contributed by atoms with Crippen LogP contribution in [0.1, 0.15) is 5.69 Å². The minimum atomic E-state index is 0.572. The van der Waals surface area contributed by atoms with E-state index in [0.29, 0.717) is 16.3 Å². The average molecular weight is 207 g/mol. The highest BCUT2D eigenvalue weighted by Gasteiger charge is 2.06. The van der Waals surface area contributed by atoms with E-state index >= 15 is 0 Å². The van der Waals surface area contributed by atoms with Crippen molar-refractivity contribution in [1.29, 1.82) is 0 Å². The lowest BCUT2D eigenvalue weighted by Crippen LogP contribution is -1.96. The lowest BCUT2D eigenvalue weighted by atomic mass is 10.3. The van der Waals surface area contributed by atoms with E-state index in [0.717, 1.165) is 5.69 Å². The summed E-state index contributed by atoms with van der Waals surface area (Å²) in [5, 5.41) is 14.7. The summed E-state index contributed by atoms with van der Waals surface area (Å²) < 4.78 is 2.33. The molecule has 2 aromatic rings. The number of aromatic nitrogens is 5. The molecule has 2 aromatic heterocycles. The summed E-state index contributed by atoms with van der Waals surface area (Å²) in [5.41, 5.74) is 1.59. The number of H-pyrrole nitrogens is 1. The molecule has 0 aliphatic rings. The molecule has 1 N–H and O–H groups in total. The Balaban J connectivity index is 2.55. The van der Waals surface area contributed by atoms with Crippen LogP contribution in [0.15, 0.2) is 12.1 Å². The fourth-order valence-corrected chi connectivity index (χ4v) is 1.23. The van der Waals surface area contributed by atoms with E-state index in [9.17, 15) is 0 Å². The first-order valence-electron chi connectivity index (χ1n) is 4.10. The molecule has 0 saturated heterocycles. The van der Waals surface area contributed by atoms with Crippen molar-refractivity contribution in [2.75, 3.05) is 0 Å². The Morgan fingerprint density at radius 1 is 1.36 bits per heavy atom. The number of rotatable bonds is 1. The fourth-order valence-electron chi connectivity index (χ4n) is 1.09. The Hall–Kier alpha value is -1.56. The molecule has 72 valence electrons. The summed E-state index contributed by atoms with van der Waals surface area (Å²) in [6.45, 7) is 1.89. The summed E-state index contributed by atoms with van der Waals surface area (Å²) in [7, 11) is 1.84. The number of aryl methyl sites for hydroxylation is 1. The molecule has 5 nitrogen and oxygen atoms in total. The number of hydrogen-bond donors (Lipinski definition) is 1. The fraction of sp³-hybridized carbons (Fsp3) is 0.250. The quantitative estimate of drug-likeness (QED) is 0.715. The molecule has 0 bridgehead atoms. The summed E-state index contributed by atoms with van der Waals surface area (Å²) in [6.07, 6.45) is 0. The van der Waals surface area contributed by atoms with Crippen molar-refractivity contribution in [3.05, 3.63) is 22.6 Å². The molecule has 0 saturated carbocycles. The van der Waals surface area contributed by atoms with Crippen molar-refractivity contribution in [3.8, 4) is 11.5 Å². The van der Waals surface area contributed by atoms with E-state index in [2.05, 4.69) is 20.4 Å². The minimum absolute atomic E-state index is 0.572. The third kappa shape index (κ3) is 1.44. The molecule has 0 radical (unpaired) electrons. The second-order valence-corrected chi connectivity index (χ2v) is 3.36. The highest BCUT2D eigenvalue weighted by Crippen LogP contribution is 2.11. The zero-order valence-electron chi connectivity index (χ0n) is 7.85. The van der Waals surface area contributed by atoms with Crippen molar-refractivity contribution in [3.63, 3.8) is 0 Å². The monoisotopic (exact) mass is 207 g/mol. The molecule has 0 aliphatic carbocycles. The average Bonchev–Trinajstić information content (AvgIpc) is 2.50. The molecule has 0 unspecified atom stereocenters. The third-order valence-electron chi connectivity index (χ3n) is 1.91. The maximum Gasteiger partial charge on any atom is 0.195 e. The molecular weight excluding hydrogens is 198 g/mol. The molecule has 0 amide bonds. The van der Waals surface area contributed by atoms with Crippen LogP contribution in [0.5, 0.6) is 0 Å². The Bertz CT molecular complexity index is 495. The largest absolute Gasteiger partial charge is 0.302 e. The lowest BCUT2D eigenvalue weighted by Gasteiger charge is -1.98. The smallest absolute Gasteiger partial charge is 0.195 e. The first-order chi connectivity index (χ1) is 6.68. The molecule has 2 rings (SSSR count). The van der Waals surface area contributed by atoms with Gasteiger partial charge in [-0.1, -0.05) is 0 Å². The van der Waals surface area contributed by atoms with Crippen LogP contribution >= 0.6 is 12.2 Å². The van der Waals surface area contributed by atoms with Crippen molar-refractivity contribution in [2.24, 2.45) is 7.05 Å². The second-order valence-electron chi connectivity index (χ2n) is 2.97. The van der Waals surface area contributed by atoms with Gasteiger partial charge in [-0.25, -0.2) is 0 Å². The molecule has 0 fully saturated rings. The van der Waals surface area contributed by atoms with Gasteiger partial charge in [0.1, 0.15) is 5.69 Å². The number of hydrogen-bond acceptors (Lipinski definition) is 4. The summed E-state index contributed by atoms with van der Waals surface area (Å²) in [6, 6.07) is 3.76. The van der Waals surface area contributed by atoms with E-state index in [-0.39, 0.29) is 0 Å². The van der Waals surface area contributed by atoms with Gasteiger partial charge < -0.3 is 4.57 Å². The van der Waals surface area contributed by atoms with Crippen molar-refractivity contribution in [1.82, 2.24) is 25.0 Å². The zero-order chi connectivity index (χ0) is 10.1. The van der Waals surface area contributed by atoms with Gasteiger partial charge in [-0.2, -0.15) is 10.2 Å². The molecule has 0 aliphatic heterocycles.